The fourth-order valence-corrected chi connectivity index (χ4v) is 1.24. The fourth-order valence-electron chi connectivity index (χ4n) is 0.638. The third-order valence-corrected chi connectivity index (χ3v) is 2.24. The summed E-state index contributed by atoms with van der Waals surface area (Å²) in [7, 11) is 0.800. The van der Waals surface area contributed by atoms with Crippen molar-refractivity contribution in [3.05, 3.63) is 6.33 Å². The van der Waals surface area contributed by atoms with E-state index in [9.17, 15) is 4.79 Å². The number of hydrogen-bond acceptors (Lipinski definition) is 5. The first-order valence-corrected chi connectivity index (χ1v) is 6.02. The van der Waals surface area contributed by atoms with Crippen LogP contribution in [0, 0.1) is 0 Å². The van der Waals surface area contributed by atoms with Crippen LogP contribution < -0.4 is 11.5 Å². The molecule has 6 N–H and O–H groups in total. The van der Waals surface area contributed by atoms with Crippen LogP contribution in [0.3, 0.4) is 0 Å². The summed E-state index contributed by atoms with van der Waals surface area (Å²) < 4.78 is 0. The molecule has 0 spiro atoms. The Morgan fingerprint density at radius 2 is 2.47 bits per heavy atom. The molecule has 0 radical (unpaired) electrons. The van der Waals surface area contributed by atoms with Gasteiger partial charge in [0.25, 0.3) is 0 Å². The van der Waals surface area contributed by atoms with Crippen LogP contribution in [0.4, 0.5) is 5.95 Å². The maximum Gasteiger partial charge on any atom is 0.320 e. The van der Waals surface area contributed by atoms with Gasteiger partial charge in [-0.15, -0.1) is 8.58 Å². The Morgan fingerprint density at radius 3 is 2.73 bits per heavy atom. The van der Waals surface area contributed by atoms with Gasteiger partial charge in [0.15, 0.2) is 0 Å². The quantitative estimate of drug-likeness (QED) is 0.518. The number of rotatable bonds is 4. The van der Waals surface area contributed by atoms with Crippen molar-refractivity contribution in [1.29, 1.82) is 0 Å². The normalized spacial score (nSPS) is 12.1. The molecule has 0 fully saturated rings. The number of aliphatic carboxylic acids is 1. The van der Waals surface area contributed by atoms with E-state index in [4.69, 9.17) is 16.6 Å². The lowest BCUT2D eigenvalue weighted by atomic mass is 10.2. The van der Waals surface area contributed by atoms with E-state index in [1.165, 1.54) is 6.33 Å². The van der Waals surface area contributed by atoms with E-state index < -0.39 is 12.0 Å². The molecule has 0 saturated carbocycles. The van der Waals surface area contributed by atoms with Gasteiger partial charge in [0.1, 0.15) is 12.4 Å². The number of nitrogens with zero attached hydrogens (tertiary/aromatic N) is 2. The van der Waals surface area contributed by atoms with Crippen LogP contribution in [0.5, 0.6) is 0 Å². The molecule has 0 bridgehead atoms. The number of nitrogens with one attached hydrogen (secondary N) is 1. The van der Waals surface area contributed by atoms with Crippen LogP contribution in [-0.4, -0.2) is 45.1 Å². The van der Waals surface area contributed by atoms with E-state index in [1.807, 2.05) is 6.66 Å². The zero-order chi connectivity index (χ0) is 11.7. The van der Waals surface area contributed by atoms with E-state index in [1.54, 1.807) is 0 Å². The minimum absolute atomic E-state index is 0.356. The summed E-state index contributed by atoms with van der Waals surface area (Å²) in [4.78, 5) is 13.6. The van der Waals surface area contributed by atoms with E-state index in [0.29, 0.717) is 12.4 Å². The monoisotopic (exact) mass is 233 g/mol. The van der Waals surface area contributed by atoms with Gasteiger partial charge in [0.2, 0.25) is 5.95 Å². The maximum absolute atomic E-state index is 10.1. The van der Waals surface area contributed by atoms with Crippen molar-refractivity contribution in [3.63, 3.8) is 0 Å². The first kappa shape index (κ1) is 13.8. The van der Waals surface area contributed by atoms with Gasteiger partial charge < -0.3 is 16.6 Å². The van der Waals surface area contributed by atoms with Gasteiger partial charge in [-0.1, -0.05) is 0 Å². The summed E-state index contributed by atoms with van der Waals surface area (Å²) in [6.45, 7) is 2.04. The molecule has 2 atom stereocenters. The molecular formula is C7H16N5O2P. The molecule has 1 heterocycles. The Balaban J connectivity index is 0.000000280. The molecule has 86 valence electrons. The molecule has 0 amide bonds. The van der Waals surface area contributed by atoms with E-state index in [-0.39, 0.29) is 0 Å². The van der Waals surface area contributed by atoms with Gasteiger partial charge >= 0.3 is 5.97 Å². The first-order valence-electron chi connectivity index (χ1n) is 4.31. The van der Waals surface area contributed by atoms with Crippen molar-refractivity contribution in [1.82, 2.24) is 15.2 Å². The summed E-state index contributed by atoms with van der Waals surface area (Å²) in [5, 5.41) is 14.2. The van der Waals surface area contributed by atoms with Crippen molar-refractivity contribution >= 4 is 20.5 Å². The molecule has 1 aromatic heterocycles. The Hall–Kier alpha value is -1.20. The number of carboxylic acids is 1. The molecule has 1 rings (SSSR count). The summed E-state index contributed by atoms with van der Waals surface area (Å²) in [6.07, 6.45) is 2.88. The smallest absolute Gasteiger partial charge is 0.320 e. The molecule has 0 aliphatic heterocycles. The summed E-state index contributed by atoms with van der Waals surface area (Å²) in [6, 6.07) is -0.655. The third-order valence-electron chi connectivity index (χ3n) is 1.46. The molecule has 15 heavy (non-hydrogen) atoms. The molecule has 2 unspecified atom stereocenters. The van der Waals surface area contributed by atoms with Crippen LogP contribution in [0.25, 0.3) is 0 Å². The minimum atomic E-state index is -0.895. The van der Waals surface area contributed by atoms with Crippen molar-refractivity contribution in [3.8, 4) is 0 Å². The van der Waals surface area contributed by atoms with Gasteiger partial charge in [-0.2, -0.15) is 5.10 Å². The largest absolute Gasteiger partial charge is 0.480 e. The average molecular weight is 233 g/mol. The van der Waals surface area contributed by atoms with Gasteiger partial charge in [0, 0.05) is 0 Å². The van der Waals surface area contributed by atoms with Gasteiger partial charge in [-0.25, -0.2) is 10.1 Å². The molecule has 8 heteroatoms. The number of nitrogens with two attached hydrogens (primary N) is 2. The molecule has 7 nitrogen and oxygen atoms in total. The number of hydrogen-bond donors (Lipinski definition) is 4. The number of H-pyrrole nitrogens is 1. The highest BCUT2D eigenvalue weighted by molar-refractivity contribution is 7.36. The van der Waals surface area contributed by atoms with Crippen molar-refractivity contribution in [2.24, 2.45) is 5.73 Å². The molecule has 0 aliphatic rings. The molecule has 0 aromatic carbocycles. The Morgan fingerprint density at radius 1 is 1.80 bits per heavy atom. The highest BCUT2D eigenvalue weighted by Crippen LogP contribution is 2.04. The average Bonchev–Trinajstić information content (AvgIpc) is 2.66. The number of aromatic nitrogens is 3. The maximum atomic E-state index is 10.1. The highest BCUT2D eigenvalue weighted by Gasteiger charge is 2.08. The van der Waals surface area contributed by atoms with Crippen molar-refractivity contribution in [2.45, 2.75) is 12.5 Å². The van der Waals surface area contributed by atoms with Crippen molar-refractivity contribution < 1.29 is 9.90 Å². The Kier molecular flexibility index (Phi) is 7.49. The fraction of sp³-hybridized carbons (Fsp3) is 0.571. The van der Waals surface area contributed by atoms with Crippen molar-refractivity contribution in [2.75, 3.05) is 18.6 Å². The SMILES string of the molecule is CPCCC(N)C(=O)O.Nc1ncn[nH]1. The number of aromatic amines is 1. The molecule has 0 aliphatic carbocycles. The zero-order valence-electron chi connectivity index (χ0n) is 8.47. The second-order valence-electron chi connectivity index (χ2n) is 2.71. The lowest BCUT2D eigenvalue weighted by molar-refractivity contribution is -0.138. The van der Waals surface area contributed by atoms with Crippen LogP contribution in [-0.2, 0) is 4.79 Å². The van der Waals surface area contributed by atoms with Crippen LogP contribution in [0.15, 0.2) is 6.33 Å². The van der Waals surface area contributed by atoms with Gasteiger partial charge in [0.05, 0.1) is 0 Å². The van der Waals surface area contributed by atoms with Gasteiger partial charge in [-0.3, -0.25) is 4.79 Å². The third kappa shape index (κ3) is 7.84. The second-order valence-corrected chi connectivity index (χ2v) is 3.91. The van der Waals surface area contributed by atoms with Gasteiger partial charge in [-0.05, 0) is 19.2 Å². The second kappa shape index (κ2) is 8.14. The van der Waals surface area contributed by atoms with E-state index in [0.717, 1.165) is 14.7 Å². The number of carboxylic acid groups (broad SMARTS) is 1. The molecule has 1 aromatic rings. The summed E-state index contributed by atoms with van der Waals surface area (Å²) in [5.74, 6) is -0.539. The lowest BCUT2D eigenvalue weighted by Crippen LogP contribution is -2.30. The van der Waals surface area contributed by atoms with E-state index in [2.05, 4.69) is 15.2 Å². The standard InChI is InChI=1S/C5H12NO2P.C2H4N4/c1-9-3-2-4(6)5(7)8;3-2-4-1-5-6-2/h4,9H,2-3,6H2,1H3,(H,7,8);1H,(H3,3,4,5,6). The summed E-state index contributed by atoms with van der Waals surface area (Å²) in [5.41, 5.74) is 10.3. The highest BCUT2D eigenvalue weighted by atomic mass is 31.1. The predicted molar refractivity (Wildman–Crippen MR) is 60.1 cm³/mol. The lowest BCUT2D eigenvalue weighted by Gasteiger charge is -2.02. The zero-order valence-corrected chi connectivity index (χ0v) is 9.47. The first-order chi connectivity index (χ1) is 7.07. The minimum Gasteiger partial charge on any atom is -0.480 e. The summed E-state index contributed by atoms with van der Waals surface area (Å²) >= 11 is 0. The Bertz CT molecular complexity index is 266. The molecular weight excluding hydrogens is 217 g/mol. The van der Waals surface area contributed by atoms with E-state index >= 15 is 0 Å². The van der Waals surface area contributed by atoms with Crippen LogP contribution >= 0.6 is 8.58 Å². The van der Waals surface area contributed by atoms with Crippen LogP contribution in [0.2, 0.25) is 0 Å². The Labute approximate surface area is 89.4 Å². The topological polar surface area (TPSA) is 131 Å². The number of nitrogen functional groups attached to an aromatic ring is 1. The van der Waals surface area contributed by atoms with Crippen LogP contribution in [0.1, 0.15) is 6.42 Å². The molecule has 0 saturated heterocycles. The number of carbonyl (C=O) groups is 1. The predicted octanol–water partition coefficient (Wildman–Crippen LogP) is -0.516. The number of anilines is 1.